The van der Waals surface area contributed by atoms with E-state index >= 15 is 0 Å². The van der Waals surface area contributed by atoms with E-state index in [-0.39, 0.29) is 24.6 Å². The minimum Gasteiger partial charge on any atom is -0.394 e. The molecule has 0 aliphatic rings. The van der Waals surface area contributed by atoms with Crippen molar-refractivity contribution in [3.8, 4) is 0 Å². The number of hydrogen-bond acceptors (Lipinski definition) is 3. The molecule has 23 heavy (non-hydrogen) atoms. The third-order valence-electron chi connectivity index (χ3n) is 3.45. The van der Waals surface area contributed by atoms with Crippen LogP contribution in [0.1, 0.15) is 36.2 Å². The number of carbonyl (C=O) groups excluding carboxylic acids is 2. The summed E-state index contributed by atoms with van der Waals surface area (Å²) < 4.78 is 0. The summed E-state index contributed by atoms with van der Waals surface area (Å²) >= 11 is 0. The number of hydrogen-bond donors (Lipinski definition) is 3. The summed E-state index contributed by atoms with van der Waals surface area (Å²) in [5.41, 5.74) is 1.95. The number of rotatable bonds is 6. The van der Waals surface area contributed by atoms with Crippen LogP contribution in [0.2, 0.25) is 0 Å². The third-order valence-corrected chi connectivity index (χ3v) is 3.45. The normalized spacial score (nSPS) is 12.0. The molecule has 0 spiro atoms. The Bertz CT molecular complexity index is 556. The molecule has 1 aromatic rings. The summed E-state index contributed by atoms with van der Waals surface area (Å²) in [4.78, 5) is 25.6. The summed E-state index contributed by atoms with van der Waals surface area (Å²) in [5.74, 6) is 0.247. The molecular formula is C17H27N3O3. The minimum atomic E-state index is -0.387. The largest absolute Gasteiger partial charge is 0.394 e. The van der Waals surface area contributed by atoms with Gasteiger partial charge in [0.15, 0.2) is 0 Å². The van der Waals surface area contributed by atoms with Gasteiger partial charge in [0.05, 0.1) is 12.6 Å². The Labute approximate surface area is 137 Å². The summed E-state index contributed by atoms with van der Waals surface area (Å²) in [6, 6.07) is 4.51. The predicted octanol–water partition coefficient (Wildman–Crippen LogP) is 2.23. The van der Waals surface area contributed by atoms with E-state index in [1.807, 2.05) is 20.8 Å². The van der Waals surface area contributed by atoms with E-state index in [1.54, 1.807) is 32.3 Å². The molecule has 0 saturated heterocycles. The molecule has 0 bridgehead atoms. The van der Waals surface area contributed by atoms with Gasteiger partial charge < -0.3 is 20.6 Å². The Morgan fingerprint density at radius 2 is 1.91 bits per heavy atom. The van der Waals surface area contributed by atoms with Gasteiger partial charge in [-0.05, 0) is 37.0 Å². The van der Waals surface area contributed by atoms with Crippen LogP contribution in [0, 0.1) is 12.8 Å². The zero-order valence-corrected chi connectivity index (χ0v) is 14.5. The zero-order valence-electron chi connectivity index (χ0n) is 14.5. The summed E-state index contributed by atoms with van der Waals surface area (Å²) in [5, 5.41) is 14.8. The van der Waals surface area contributed by atoms with Gasteiger partial charge in [-0.3, -0.25) is 4.79 Å². The topological polar surface area (TPSA) is 81.7 Å². The quantitative estimate of drug-likeness (QED) is 0.751. The highest BCUT2D eigenvalue weighted by atomic mass is 16.3. The van der Waals surface area contributed by atoms with Gasteiger partial charge in [-0.25, -0.2) is 4.79 Å². The molecule has 0 fully saturated rings. The number of urea groups is 1. The SMILES string of the molecule is Cc1ccc(C(=O)N(C)C)cc1NC(=O)N[C@H](CO)CC(C)C. The minimum absolute atomic E-state index is 0.107. The maximum absolute atomic E-state index is 12.1. The molecule has 6 nitrogen and oxygen atoms in total. The number of anilines is 1. The average molecular weight is 321 g/mol. The van der Waals surface area contributed by atoms with Crippen molar-refractivity contribution in [1.82, 2.24) is 10.2 Å². The van der Waals surface area contributed by atoms with Crippen LogP contribution in [-0.4, -0.2) is 48.7 Å². The summed E-state index contributed by atoms with van der Waals surface area (Å²) in [6.45, 7) is 5.81. The molecule has 3 amide bonds. The smallest absolute Gasteiger partial charge is 0.319 e. The number of amides is 3. The van der Waals surface area contributed by atoms with Gasteiger partial charge in [-0.15, -0.1) is 0 Å². The third kappa shape index (κ3) is 5.90. The maximum atomic E-state index is 12.1. The lowest BCUT2D eigenvalue weighted by molar-refractivity contribution is 0.0827. The number of aliphatic hydroxyl groups excluding tert-OH is 1. The molecule has 6 heteroatoms. The molecule has 1 aromatic carbocycles. The molecular weight excluding hydrogens is 294 g/mol. The van der Waals surface area contributed by atoms with Crippen molar-refractivity contribution in [2.24, 2.45) is 5.92 Å². The highest BCUT2D eigenvalue weighted by Gasteiger charge is 2.15. The van der Waals surface area contributed by atoms with Gasteiger partial charge in [0.1, 0.15) is 0 Å². The first-order valence-corrected chi connectivity index (χ1v) is 7.75. The molecule has 0 unspecified atom stereocenters. The predicted molar refractivity (Wildman–Crippen MR) is 91.7 cm³/mol. The molecule has 0 aliphatic heterocycles. The number of benzene rings is 1. The van der Waals surface area contributed by atoms with Crippen molar-refractivity contribution in [3.05, 3.63) is 29.3 Å². The first kappa shape index (κ1) is 19.0. The Morgan fingerprint density at radius 1 is 1.26 bits per heavy atom. The lowest BCUT2D eigenvalue weighted by Gasteiger charge is -2.19. The summed E-state index contributed by atoms with van der Waals surface area (Å²) in [6.07, 6.45) is 0.696. The highest BCUT2D eigenvalue weighted by Crippen LogP contribution is 2.18. The molecule has 0 aromatic heterocycles. The molecule has 1 rings (SSSR count). The monoisotopic (exact) mass is 321 g/mol. The second kappa shape index (κ2) is 8.53. The van der Waals surface area contributed by atoms with Crippen LogP contribution < -0.4 is 10.6 Å². The number of nitrogens with zero attached hydrogens (tertiary/aromatic N) is 1. The van der Waals surface area contributed by atoms with E-state index in [9.17, 15) is 14.7 Å². The van der Waals surface area contributed by atoms with Crippen LogP contribution in [0.4, 0.5) is 10.5 Å². The number of nitrogens with one attached hydrogen (secondary N) is 2. The van der Waals surface area contributed by atoms with Crippen molar-refractivity contribution in [3.63, 3.8) is 0 Å². The highest BCUT2D eigenvalue weighted by molar-refractivity contribution is 5.97. The van der Waals surface area contributed by atoms with Crippen molar-refractivity contribution >= 4 is 17.6 Å². The van der Waals surface area contributed by atoms with Crippen LogP contribution in [0.25, 0.3) is 0 Å². The second-order valence-corrected chi connectivity index (χ2v) is 6.34. The van der Waals surface area contributed by atoms with E-state index in [1.165, 1.54) is 4.90 Å². The Hall–Kier alpha value is -2.08. The number of carbonyl (C=O) groups is 2. The van der Waals surface area contributed by atoms with Gasteiger partial charge in [-0.2, -0.15) is 0 Å². The standard InChI is InChI=1S/C17H27N3O3/c1-11(2)8-14(10-21)18-17(23)19-15-9-13(7-6-12(15)3)16(22)20(4)5/h6-7,9,11,14,21H,8,10H2,1-5H3,(H2,18,19,23)/t14-/m0/s1. The van der Waals surface area contributed by atoms with Crippen LogP contribution in [0.3, 0.4) is 0 Å². The first-order chi connectivity index (χ1) is 10.7. The van der Waals surface area contributed by atoms with Gasteiger partial charge in [0.2, 0.25) is 0 Å². The molecule has 1 atom stereocenters. The fourth-order valence-corrected chi connectivity index (χ4v) is 2.24. The molecule has 0 aliphatic carbocycles. The van der Waals surface area contributed by atoms with Crippen molar-refractivity contribution < 1.29 is 14.7 Å². The maximum Gasteiger partial charge on any atom is 0.319 e. The van der Waals surface area contributed by atoms with Gasteiger partial charge in [0, 0.05) is 25.3 Å². The average Bonchev–Trinajstić information content (AvgIpc) is 2.47. The molecule has 0 heterocycles. The van der Waals surface area contributed by atoms with Crippen LogP contribution >= 0.6 is 0 Å². The van der Waals surface area contributed by atoms with Gasteiger partial charge >= 0.3 is 6.03 Å². The van der Waals surface area contributed by atoms with Crippen LogP contribution in [0.5, 0.6) is 0 Å². The van der Waals surface area contributed by atoms with Gasteiger partial charge in [0.25, 0.3) is 5.91 Å². The summed E-state index contributed by atoms with van der Waals surface area (Å²) in [7, 11) is 3.36. The molecule has 128 valence electrons. The van der Waals surface area contributed by atoms with Crippen molar-refractivity contribution in [1.29, 1.82) is 0 Å². The Balaban J connectivity index is 2.81. The van der Waals surface area contributed by atoms with Gasteiger partial charge in [-0.1, -0.05) is 19.9 Å². The molecule has 0 saturated carbocycles. The fraction of sp³-hybridized carbons (Fsp3) is 0.529. The van der Waals surface area contributed by atoms with Crippen molar-refractivity contribution in [2.45, 2.75) is 33.2 Å². The van der Waals surface area contributed by atoms with Crippen LogP contribution in [0.15, 0.2) is 18.2 Å². The van der Waals surface area contributed by atoms with E-state index < -0.39 is 0 Å². The van der Waals surface area contributed by atoms with Crippen LogP contribution in [-0.2, 0) is 0 Å². The first-order valence-electron chi connectivity index (χ1n) is 7.75. The van der Waals surface area contributed by atoms with E-state index in [4.69, 9.17) is 0 Å². The molecule has 0 radical (unpaired) electrons. The van der Waals surface area contributed by atoms with E-state index in [0.29, 0.717) is 23.6 Å². The second-order valence-electron chi connectivity index (χ2n) is 6.34. The number of aliphatic hydroxyl groups is 1. The fourth-order valence-electron chi connectivity index (χ4n) is 2.24. The lowest BCUT2D eigenvalue weighted by Crippen LogP contribution is -2.41. The number of aryl methyl sites for hydroxylation is 1. The Morgan fingerprint density at radius 3 is 2.43 bits per heavy atom. The van der Waals surface area contributed by atoms with E-state index in [0.717, 1.165) is 5.56 Å². The van der Waals surface area contributed by atoms with E-state index in [2.05, 4.69) is 10.6 Å². The zero-order chi connectivity index (χ0) is 17.6. The van der Waals surface area contributed by atoms with Crippen molar-refractivity contribution in [2.75, 3.05) is 26.0 Å². The lowest BCUT2D eigenvalue weighted by atomic mass is 10.0. The molecule has 3 N–H and O–H groups in total. The Kier molecular flexibility index (Phi) is 7.03.